The quantitative estimate of drug-likeness (QED) is 0.720. The van der Waals surface area contributed by atoms with E-state index in [-0.39, 0.29) is 0 Å². The third-order valence-corrected chi connectivity index (χ3v) is 3.06. The lowest BCUT2D eigenvalue weighted by Gasteiger charge is -2.29. The highest BCUT2D eigenvalue weighted by Crippen LogP contribution is 2.29. The highest BCUT2D eigenvalue weighted by Gasteiger charge is 2.07. The predicted octanol–water partition coefficient (Wildman–Crippen LogP) is 0.0955. The van der Waals surface area contributed by atoms with Gasteiger partial charge in [0.25, 0.3) is 0 Å². The van der Waals surface area contributed by atoms with E-state index in [0.29, 0.717) is 11.3 Å². The summed E-state index contributed by atoms with van der Waals surface area (Å²) in [5.74, 6) is 0. The van der Waals surface area contributed by atoms with Gasteiger partial charge in [-0.05, 0) is 12.5 Å². The summed E-state index contributed by atoms with van der Waals surface area (Å²) < 4.78 is 12.2. The molecule has 2 aromatic rings. The Morgan fingerprint density at radius 3 is 2.88 bits per heavy atom. The van der Waals surface area contributed by atoms with Gasteiger partial charge in [0.15, 0.2) is 5.65 Å². The fourth-order valence-corrected chi connectivity index (χ4v) is 2.35. The average molecular weight is 253 g/mol. The maximum absolute atomic E-state index is 10.8. The summed E-state index contributed by atoms with van der Waals surface area (Å²) in [6.45, 7) is 2.01. The summed E-state index contributed by atoms with van der Waals surface area (Å²) in [5, 5.41) is 3.96. The second-order valence-electron chi connectivity index (χ2n) is 3.86. The van der Waals surface area contributed by atoms with Gasteiger partial charge < -0.3 is 14.4 Å². The number of fused-ring (bicyclic) bond motifs is 1. The van der Waals surface area contributed by atoms with Crippen molar-refractivity contribution >= 4 is 13.2 Å². The second-order valence-corrected chi connectivity index (χ2v) is 5.40. The average Bonchev–Trinajstić information content (AvgIpc) is 2.63. The van der Waals surface area contributed by atoms with Crippen LogP contribution in [0.4, 0.5) is 0 Å². The van der Waals surface area contributed by atoms with Crippen molar-refractivity contribution in [2.45, 2.75) is 25.9 Å². The van der Waals surface area contributed by atoms with Crippen LogP contribution in [0.1, 0.15) is 24.7 Å². The van der Waals surface area contributed by atoms with Gasteiger partial charge in [0.05, 0.1) is 11.9 Å². The van der Waals surface area contributed by atoms with Crippen molar-refractivity contribution in [1.82, 2.24) is 14.6 Å². The van der Waals surface area contributed by atoms with Crippen LogP contribution in [0.3, 0.4) is 0 Å². The number of hydrogen-bond donors (Lipinski definition) is 0. The Kier molecular flexibility index (Phi) is 3.28. The van der Waals surface area contributed by atoms with Crippen molar-refractivity contribution in [1.29, 1.82) is 0 Å². The molecule has 0 spiro atoms. The summed E-state index contributed by atoms with van der Waals surface area (Å²) in [4.78, 5) is 26.0. The molecule has 0 unspecified atom stereocenters. The highest BCUT2D eigenvalue weighted by atomic mass is 31.2. The third-order valence-electron chi connectivity index (χ3n) is 2.35. The summed E-state index contributed by atoms with van der Waals surface area (Å²) in [5.41, 5.74) is 1.72. The molecule has 0 fully saturated rings. The molecule has 0 amide bonds. The Bertz CT molecular complexity index is 575. The molecule has 92 valence electrons. The Balaban J connectivity index is 2.50. The molecule has 0 aliphatic rings. The topological polar surface area (TPSA) is 93.4 Å². The minimum Gasteiger partial charge on any atom is -0.810 e. The molecular weight excluding hydrogens is 241 g/mol. The van der Waals surface area contributed by atoms with Gasteiger partial charge in [-0.3, -0.25) is 0 Å². The Morgan fingerprint density at radius 2 is 2.24 bits per heavy atom. The van der Waals surface area contributed by atoms with E-state index in [2.05, 4.69) is 10.1 Å². The fourth-order valence-electron chi connectivity index (χ4n) is 1.73. The van der Waals surface area contributed by atoms with Gasteiger partial charge in [-0.15, -0.1) is 0 Å². The molecule has 2 heterocycles. The zero-order valence-corrected chi connectivity index (χ0v) is 10.3. The van der Waals surface area contributed by atoms with Crippen molar-refractivity contribution in [2.75, 3.05) is 0 Å². The summed E-state index contributed by atoms with van der Waals surface area (Å²) in [6, 6.07) is 3.31. The lowest BCUT2D eigenvalue weighted by Crippen LogP contribution is -2.17. The van der Waals surface area contributed by atoms with Crippen LogP contribution in [0, 0.1) is 0 Å². The van der Waals surface area contributed by atoms with Gasteiger partial charge in [0.2, 0.25) is 0 Å². The molecule has 0 radical (unpaired) electrons. The lowest BCUT2D eigenvalue weighted by atomic mass is 10.2. The van der Waals surface area contributed by atoms with Crippen molar-refractivity contribution < 1.29 is 14.4 Å². The molecule has 2 aromatic heterocycles. The minimum absolute atomic E-state index is 0.372. The molecule has 6 nitrogen and oxygen atoms in total. The highest BCUT2D eigenvalue weighted by molar-refractivity contribution is 7.47. The van der Waals surface area contributed by atoms with E-state index in [1.54, 1.807) is 12.1 Å². The first-order chi connectivity index (χ1) is 7.99. The number of rotatable bonds is 4. The van der Waals surface area contributed by atoms with Crippen LogP contribution >= 0.6 is 7.60 Å². The van der Waals surface area contributed by atoms with Gasteiger partial charge in [-0.25, -0.2) is 9.50 Å². The molecule has 2 rings (SSSR count). The molecule has 0 saturated heterocycles. The summed E-state index contributed by atoms with van der Waals surface area (Å²) in [7, 11) is -4.59. The fraction of sp³-hybridized carbons (Fsp3) is 0.400. The molecule has 0 bridgehead atoms. The number of hydrogen-bond acceptors (Lipinski definition) is 5. The lowest BCUT2D eigenvalue weighted by molar-refractivity contribution is -0.314. The number of aromatic nitrogens is 3. The molecule has 17 heavy (non-hydrogen) atoms. The van der Waals surface area contributed by atoms with E-state index in [1.807, 2.05) is 6.92 Å². The first-order valence-corrected chi connectivity index (χ1v) is 7.06. The molecule has 0 aliphatic carbocycles. The third kappa shape index (κ3) is 2.91. The molecule has 0 aromatic carbocycles. The zero-order chi connectivity index (χ0) is 12.5. The van der Waals surface area contributed by atoms with Crippen molar-refractivity contribution in [2.24, 2.45) is 0 Å². The van der Waals surface area contributed by atoms with E-state index in [1.165, 1.54) is 10.7 Å². The van der Waals surface area contributed by atoms with Gasteiger partial charge in [0.1, 0.15) is 0 Å². The Morgan fingerprint density at radius 1 is 1.47 bits per heavy atom. The smallest absolute Gasteiger partial charge is 0.155 e. The second kappa shape index (κ2) is 4.56. The monoisotopic (exact) mass is 253 g/mol. The Hall–Kier alpha value is -1.23. The van der Waals surface area contributed by atoms with Crippen LogP contribution in [-0.2, 0) is 17.1 Å². The van der Waals surface area contributed by atoms with Crippen LogP contribution in [0.2, 0.25) is 0 Å². The SMILES string of the molecule is CCCc1cc(CP(=O)([O-])[O-])n2nccc2n1. The van der Waals surface area contributed by atoms with Crippen molar-refractivity contribution in [3.63, 3.8) is 0 Å². The Labute approximate surface area is 98.5 Å². The van der Waals surface area contributed by atoms with Crippen molar-refractivity contribution in [3.8, 4) is 0 Å². The van der Waals surface area contributed by atoms with Gasteiger partial charge in [-0.1, -0.05) is 20.9 Å². The van der Waals surface area contributed by atoms with E-state index < -0.39 is 13.8 Å². The first kappa shape index (κ1) is 12.2. The van der Waals surface area contributed by atoms with Crippen LogP contribution in [-0.4, -0.2) is 14.6 Å². The molecule has 0 N–H and O–H groups in total. The van der Waals surface area contributed by atoms with E-state index in [0.717, 1.165) is 18.5 Å². The maximum Gasteiger partial charge on any atom is 0.155 e. The van der Waals surface area contributed by atoms with Gasteiger partial charge in [0, 0.05) is 17.9 Å². The standard InChI is InChI=1S/C10H14N3O3P/c1-2-3-8-6-9(7-17(14,15)16)13-10(12-8)4-5-11-13/h4-6H,2-3,7H2,1H3,(H2,14,15,16)/p-2. The molecule has 7 heteroatoms. The molecule has 0 atom stereocenters. The first-order valence-electron chi connectivity index (χ1n) is 5.33. The molecular formula is C10H12N3O3P-2. The van der Waals surface area contributed by atoms with Crippen LogP contribution < -0.4 is 9.79 Å². The number of aryl methyl sites for hydroxylation is 1. The minimum atomic E-state index is -4.59. The molecule has 0 saturated carbocycles. The van der Waals surface area contributed by atoms with E-state index in [9.17, 15) is 14.4 Å². The number of nitrogens with zero attached hydrogens (tertiary/aromatic N) is 3. The normalized spacial score (nSPS) is 12.2. The zero-order valence-electron chi connectivity index (χ0n) is 9.37. The molecule has 0 aliphatic heterocycles. The maximum atomic E-state index is 10.8. The summed E-state index contributed by atoms with van der Waals surface area (Å²) >= 11 is 0. The largest absolute Gasteiger partial charge is 0.810 e. The van der Waals surface area contributed by atoms with Gasteiger partial charge in [-0.2, -0.15) is 5.10 Å². The van der Waals surface area contributed by atoms with Crippen LogP contribution in [0.5, 0.6) is 0 Å². The summed E-state index contributed by atoms with van der Waals surface area (Å²) in [6.07, 6.45) is 2.65. The van der Waals surface area contributed by atoms with E-state index in [4.69, 9.17) is 0 Å². The van der Waals surface area contributed by atoms with Crippen LogP contribution in [0.15, 0.2) is 18.3 Å². The van der Waals surface area contributed by atoms with E-state index >= 15 is 0 Å². The van der Waals surface area contributed by atoms with Crippen LogP contribution in [0.25, 0.3) is 5.65 Å². The van der Waals surface area contributed by atoms with Crippen molar-refractivity contribution in [3.05, 3.63) is 29.7 Å². The van der Waals surface area contributed by atoms with Gasteiger partial charge >= 0.3 is 0 Å². The predicted molar refractivity (Wildman–Crippen MR) is 58.3 cm³/mol.